The van der Waals surface area contributed by atoms with Crippen LogP contribution in [0.25, 0.3) is 0 Å². The maximum Gasteiger partial charge on any atom is 0.175 e. The molecule has 0 fully saturated rings. The molecule has 2 aromatic rings. The molecule has 23 heavy (non-hydrogen) atoms. The zero-order valence-electron chi connectivity index (χ0n) is 12.0. The summed E-state index contributed by atoms with van der Waals surface area (Å²) in [5, 5.41) is 25.6. The van der Waals surface area contributed by atoms with Crippen LogP contribution in [0.15, 0.2) is 33.9 Å². The molecule has 2 heterocycles. The van der Waals surface area contributed by atoms with Crippen LogP contribution in [0.1, 0.15) is 29.5 Å². The summed E-state index contributed by atoms with van der Waals surface area (Å²) in [5.41, 5.74) is 2.16. The van der Waals surface area contributed by atoms with E-state index in [1.807, 2.05) is 6.07 Å². The Morgan fingerprint density at radius 2 is 2.13 bits per heavy atom. The molecule has 0 bridgehead atoms. The third-order valence-electron chi connectivity index (χ3n) is 3.83. The summed E-state index contributed by atoms with van der Waals surface area (Å²) in [7, 11) is 0. The molecular weight excluding hydrogens is 358 g/mol. The summed E-state index contributed by atoms with van der Waals surface area (Å²) in [6.07, 6.45) is 1.61. The van der Waals surface area contributed by atoms with Crippen LogP contribution in [0.3, 0.4) is 0 Å². The molecule has 2 atom stereocenters. The van der Waals surface area contributed by atoms with Gasteiger partial charge in [0, 0.05) is 22.9 Å². The first-order valence-corrected chi connectivity index (χ1v) is 7.58. The quantitative estimate of drug-likeness (QED) is 0.879. The van der Waals surface area contributed by atoms with Crippen LogP contribution in [0.5, 0.6) is 0 Å². The average Bonchev–Trinajstić information content (AvgIpc) is 3.01. The van der Waals surface area contributed by atoms with E-state index < -0.39 is 11.8 Å². The molecule has 0 spiro atoms. The molecule has 1 N–H and O–H groups in total. The lowest BCUT2D eigenvalue weighted by molar-refractivity contribution is -0.111. The number of carbonyl (C=O) groups is 1. The standard InChI is InChI=1S/C16H10BrN5O/c1-8(23)15-11(6-19)13(12-7-20-22-16(12)21-15)10-4-2-3-9(5-18)14(10)17/h2-4,7,11,13H,1H3,(H,20,22). The molecule has 0 saturated carbocycles. The Bertz CT molecular complexity index is 915. The van der Waals surface area contributed by atoms with Gasteiger partial charge in [-0.05, 0) is 27.6 Å². The topological polar surface area (TPSA) is 106 Å². The number of Topliss-reactive ketones (excluding diaryl/α,β-unsaturated/α-hetero) is 1. The minimum absolute atomic E-state index is 0.198. The van der Waals surface area contributed by atoms with E-state index in [4.69, 9.17) is 0 Å². The number of rotatable bonds is 2. The van der Waals surface area contributed by atoms with Gasteiger partial charge in [-0.3, -0.25) is 9.89 Å². The van der Waals surface area contributed by atoms with E-state index in [9.17, 15) is 15.3 Å². The minimum atomic E-state index is -0.733. The third-order valence-corrected chi connectivity index (χ3v) is 4.71. The van der Waals surface area contributed by atoms with Gasteiger partial charge in [-0.15, -0.1) is 0 Å². The van der Waals surface area contributed by atoms with Crippen molar-refractivity contribution in [2.45, 2.75) is 12.8 Å². The minimum Gasteiger partial charge on any atom is -0.293 e. The molecule has 1 aromatic carbocycles. The molecule has 0 aliphatic carbocycles. The van der Waals surface area contributed by atoms with Gasteiger partial charge in [0.05, 0.1) is 17.8 Å². The molecule has 2 unspecified atom stereocenters. The first kappa shape index (κ1) is 15.1. The number of hydrogen-bond acceptors (Lipinski definition) is 5. The number of aromatic nitrogens is 2. The van der Waals surface area contributed by atoms with Crippen molar-refractivity contribution >= 4 is 33.2 Å². The van der Waals surface area contributed by atoms with E-state index in [2.05, 4.69) is 43.3 Å². The van der Waals surface area contributed by atoms with Crippen LogP contribution in [0.2, 0.25) is 0 Å². The smallest absolute Gasteiger partial charge is 0.175 e. The highest BCUT2D eigenvalue weighted by Crippen LogP contribution is 2.44. The largest absolute Gasteiger partial charge is 0.293 e. The maximum atomic E-state index is 11.9. The first-order valence-electron chi connectivity index (χ1n) is 6.79. The van der Waals surface area contributed by atoms with E-state index >= 15 is 0 Å². The lowest BCUT2D eigenvalue weighted by Crippen LogP contribution is -2.30. The van der Waals surface area contributed by atoms with Gasteiger partial charge >= 0.3 is 0 Å². The van der Waals surface area contributed by atoms with Gasteiger partial charge in [-0.25, -0.2) is 4.99 Å². The van der Waals surface area contributed by atoms with Crippen molar-refractivity contribution in [3.8, 4) is 12.1 Å². The van der Waals surface area contributed by atoms with Gasteiger partial charge in [0.1, 0.15) is 17.7 Å². The van der Waals surface area contributed by atoms with E-state index in [1.165, 1.54) is 6.92 Å². The van der Waals surface area contributed by atoms with E-state index in [1.54, 1.807) is 18.3 Å². The number of nitriles is 2. The van der Waals surface area contributed by atoms with Crippen molar-refractivity contribution in [2.24, 2.45) is 10.9 Å². The SMILES string of the molecule is CC(=O)C1=Nc2[nH]ncc2C(c2cccc(C#N)c2Br)C1C#N. The highest BCUT2D eigenvalue weighted by atomic mass is 79.9. The molecule has 7 heteroatoms. The van der Waals surface area contributed by atoms with Gasteiger partial charge < -0.3 is 0 Å². The summed E-state index contributed by atoms with van der Waals surface area (Å²) < 4.78 is 0.615. The van der Waals surface area contributed by atoms with E-state index in [0.717, 1.165) is 11.1 Å². The van der Waals surface area contributed by atoms with Crippen molar-refractivity contribution in [1.82, 2.24) is 10.2 Å². The highest BCUT2D eigenvalue weighted by Gasteiger charge is 2.38. The Kier molecular flexibility index (Phi) is 3.81. The monoisotopic (exact) mass is 367 g/mol. The molecule has 0 saturated heterocycles. The third kappa shape index (κ3) is 2.36. The molecule has 6 nitrogen and oxygen atoms in total. The van der Waals surface area contributed by atoms with E-state index in [0.29, 0.717) is 15.9 Å². The average molecular weight is 368 g/mol. The van der Waals surface area contributed by atoms with E-state index in [-0.39, 0.29) is 11.5 Å². The summed E-state index contributed by atoms with van der Waals surface area (Å²) in [6, 6.07) is 9.57. The number of aromatic amines is 1. The number of nitrogens with one attached hydrogen (secondary N) is 1. The summed E-state index contributed by atoms with van der Waals surface area (Å²) in [6.45, 7) is 1.39. The van der Waals surface area contributed by atoms with Gasteiger partial charge in [-0.2, -0.15) is 15.6 Å². The van der Waals surface area contributed by atoms with Gasteiger partial charge in [0.15, 0.2) is 11.6 Å². The van der Waals surface area contributed by atoms with Crippen LogP contribution in [0, 0.1) is 28.6 Å². The van der Waals surface area contributed by atoms with Crippen molar-refractivity contribution < 1.29 is 4.79 Å². The van der Waals surface area contributed by atoms with Crippen molar-refractivity contribution in [3.05, 3.63) is 45.6 Å². The number of hydrogen-bond donors (Lipinski definition) is 1. The van der Waals surface area contributed by atoms with Crippen molar-refractivity contribution in [1.29, 1.82) is 10.5 Å². The van der Waals surface area contributed by atoms with Crippen LogP contribution < -0.4 is 0 Å². The van der Waals surface area contributed by atoms with Crippen LogP contribution in [-0.4, -0.2) is 21.7 Å². The Morgan fingerprint density at radius 3 is 2.78 bits per heavy atom. The first-order chi connectivity index (χ1) is 11.1. The number of aliphatic imine (C=N–C) groups is 1. The van der Waals surface area contributed by atoms with Gasteiger partial charge in [-0.1, -0.05) is 12.1 Å². The highest BCUT2D eigenvalue weighted by molar-refractivity contribution is 9.10. The zero-order valence-corrected chi connectivity index (χ0v) is 13.6. The van der Waals surface area contributed by atoms with Crippen molar-refractivity contribution in [2.75, 3.05) is 0 Å². The normalized spacial score (nSPS) is 19.2. The Balaban J connectivity index is 2.27. The number of fused-ring (bicyclic) bond motifs is 1. The number of carbonyl (C=O) groups excluding carboxylic acids is 1. The maximum absolute atomic E-state index is 11.9. The zero-order chi connectivity index (χ0) is 16.6. The molecule has 112 valence electrons. The second kappa shape index (κ2) is 5.79. The molecular formula is C16H10BrN5O. The molecule has 0 radical (unpaired) electrons. The van der Waals surface area contributed by atoms with Gasteiger partial charge in [0.2, 0.25) is 0 Å². The second-order valence-electron chi connectivity index (χ2n) is 5.13. The fourth-order valence-electron chi connectivity index (χ4n) is 2.79. The molecule has 1 aromatic heterocycles. The number of H-pyrrole nitrogens is 1. The van der Waals surface area contributed by atoms with Gasteiger partial charge in [0.25, 0.3) is 0 Å². The number of ketones is 1. The van der Waals surface area contributed by atoms with Crippen molar-refractivity contribution in [3.63, 3.8) is 0 Å². The Labute approximate surface area is 140 Å². The Hall–Kier alpha value is -2.77. The molecule has 0 amide bonds. The summed E-state index contributed by atoms with van der Waals surface area (Å²) >= 11 is 3.44. The summed E-state index contributed by atoms with van der Waals surface area (Å²) in [4.78, 5) is 16.2. The summed E-state index contributed by atoms with van der Waals surface area (Å²) in [5.74, 6) is -0.939. The number of nitrogens with zero attached hydrogens (tertiary/aromatic N) is 4. The second-order valence-corrected chi connectivity index (χ2v) is 5.93. The lowest BCUT2D eigenvalue weighted by Gasteiger charge is -2.27. The predicted molar refractivity (Wildman–Crippen MR) is 86.2 cm³/mol. The molecule has 3 rings (SSSR count). The molecule has 1 aliphatic rings. The fraction of sp³-hybridized carbons (Fsp3) is 0.188. The Morgan fingerprint density at radius 1 is 1.35 bits per heavy atom. The lowest BCUT2D eigenvalue weighted by atomic mass is 9.77. The number of benzene rings is 1. The van der Waals surface area contributed by atoms with Crippen LogP contribution in [0.4, 0.5) is 5.82 Å². The van der Waals surface area contributed by atoms with Crippen LogP contribution in [-0.2, 0) is 4.79 Å². The predicted octanol–water partition coefficient (Wildman–Crippen LogP) is 2.99. The molecule has 1 aliphatic heterocycles. The fourth-order valence-corrected chi connectivity index (χ4v) is 3.39. The number of halogens is 1. The van der Waals surface area contributed by atoms with Crippen LogP contribution >= 0.6 is 15.9 Å².